The maximum absolute atomic E-state index is 12.6. The van der Waals surface area contributed by atoms with Gasteiger partial charge in [-0.3, -0.25) is 10.1 Å². The van der Waals surface area contributed by atoms with Crippen molar-refractivity contribution < 1.29 is 27.9 Å². The molecule has 0 bridgehead atoms. The van der Waals surface area contributed by atoms with Crippen molar-refractivity contribution in [1.82, 2.24) is 4.98 Å². The summed E-state index contributed by atoms with van der Waals surface area (Å²) in [4.78, 5) is 15.1. The molecule has 0 saturated heterocycles. The van der Waals surface area contributed by atoms with E-state index < -0.39 is 11.5 Å². The molecule has 1 aromatic heterocycles. The van der Waals surface area contributed by atoms with Crippen LogP contribution in [0.25, 0.3) is 23.1 Å². The van der Waals surface area contributed by atoms with Crippen LogP contribution in [0.5, 0.6) is 17.2 Å². The standard InChI is InChI=1S/C20H16F2N2O5/c1-27-16-10-12(11-17(28-2)19(16)29-20(21)22)6-8-14-9-7-13-4-3-5-15(24(25)26)18(13)23-14/h3-11,20H,1-2H3/b8-6+. The number of para-hydroxylation sites is 1. The highest BCUT2D eigenvalue weighted by Crippen LogP contribution is 2.40. The van der Waals surface area contributed by atoms with Crippen LogP contribution in [0.3, 0.4) is 0 Å². The van der Waals surface area contributed by atoms with Crippen molar-refractivity contribution >= 4 is 28.7 Å². The normalized spacial score (nSPS) is 11.2. The first-order valence-corrected chi connectivity index (χ1v) is 8.36. The number of fused-ring (bicyclic) bond motifs is 1. The number of benzene rings is 2. The van der Waals surface area contributed by atoms with Crippen molar-refractivity contribution in [3.05, 3.63) is 63.8 Å². The van der Waals surface area contributed by atoms with Gasteiger partial charge in [-0.05, 0) is 29.8 Å². The van der Waals surface area contributed by atoms with Crippen LogP contribution >= 0.6 is 0 Å². The van der Waals surface area contributed by atoms with Gasteiger partial charge in [-0.25, -0.2) is 4.98 Å². The third kappa shape index (κ3) is 4.40. The molecule has 0 spiro atoms. The quantitative estimate of drug-likeness (QED) is 0.412. The van der Waals surface area contributed by atoms with Crippen molar-refractivity contribution in [2.24, 2.45) is 0 Å². The van der Waals surface area contributed by atoms with Crippen LogP contribution in [0.15, 0.2) is 42.5 Å². The number of rotatable bonds is 7. The van der Waals surface area contributed by atoms with Gasteiger partial charge in [0.2, 0.25) is 5.75 Å². The lowest BCUT2D eigenvalue weighted by atomic mass is 10.1. The molecule has 0 aliphatic rings. The summed E-state index contributed by atoms with van der Waals surface area (Å²) < 4.78 is 40.0. The summed E-state index contributed by atoms with van der Waals surface area (Å²) in [5.41, 5.74) is 1.24. The Balaban J connectivity index is 1.99. The van der Waals surface area contributed by atoms with E-state index in [9.17, 15) is 18.9 Å². The number of nitrogens with zero attached hydrogens (tertiary/aromatic N) is 2. The fourth-order valence-electron chi connectivity index (χ4n) is 2.77. The van der Waals surface area contributed by atoms with E-state index in [0.717, 1.165) is 0 Å². The minimum Gasteiger partial charge on any atom is -0.493 e. The highest BCUT2D eigenvalue weighted by atomic mass is 19.3. The summed E-state index contributed by atoms with van der Waals surface area (Å²) >= 11 is 0. The van der Waals surface area contributed by atoms with Gasteiger partial charge in [0, 0.05) is 11.5 Å². The van der Waals surface area contributed by atoms with Gasteiger partial charge >= 0.3 is 6.61 Å². The Morgan fingerprint density at radius 1 is 1.07 bits per heavy atom. The lowest BCUT2D eigenvalue weighted by Crippen LogP contribution is -2.05. The van der Waals surface area contributed by atoms with Crippen molar-refractivity contribution in [3.8, 4) is 17.2 Å². The molecule has 0 radical (unpaired) electrons. The average Bonchev–Trinajstić information content (AvgIpc) is 2.71. The Bertz CT molecular complexity index is 1060. The molecule has 9 heteroatoms. The highest BCUT2D eigenvalue weighted by Gasteiger charge is 2.17. The van der Waals surface area contributed by atoms with Crippen molar-refractivity contribution in [3.63, 3.8) is 0 Å². The predicted molar refractivity (Wildman–Crippen MR) is 104 cm³/mol. The lowest BCUT2D eigenvalue weighted by Gasteiger charge is -2.14. The third-order valence-electron chi connectivity index (χ3n) is 4.05. The maximum atomic E-state index is 12.6. The van der Waals surface area contributed by atoms with Gasteiger partial charge in [-0.15, -0.1) is 0 Å². The van der Waals surface area contributed by atoms with E-state index in [1.807, 2.05) is 0 Å². The van der Waals surface area contributed by atoms with E-state index >= 15 is 0 Å². The van der Waals surface area contributed by atoms with E-state index in [0.29, 0.717) is 16.6 Å². The SMILES string of the molecule is COc1cc(/C=C/c2ccc3cccc([N+](=O)[O-])c3n2)cc(OC)c1OC(F)F. The van der Waals surface area contributed by atoms with Gasteiger partial charge in [0.15, 0.2) is 11.5 Å². The van der Waals surface area contributed by atoms with Crippen molar-refractivity contribution in [2.75, 3.05) is 14.2 Å². The van der Waals surface area contributed by atoms with Crippen LogP contribution in [-0.4, -0.2) is 30.7 Å². The van der Waals surface area contributed by atoms with Gasteiger partial charge in [0.25, 0.3) is 5.69 Å². The molecule has 1 heterocycles. The molecule has 0 atom stereocenters. The first kappa shape index (κ1) is 20.0. The van der Waals surface area contributed by atoms with Gasteiger partial charge in [-0.2, -0.15) is 8.78 Å². The second-order valence-corrected chi connectivity index (χ2v) is 5.81. The molecule has 7 nitrogen and oxygen atoms in total. The summed E-state index contributed by atoms with van der Waals surface area (Å²) in [7, 11) is 2.65. The summed E-state index contributed by atoms with van der Waals surface area (Å²) in [6.45, 7) is -3.03. The Kier molecular flexibility index (Phi) is 5.87. The number of nitro benzene ring substituents is 1. The second-order valence-electron chi connectivity index (χ2n) is 5.81. The zero-order valence-corrected chi connectivity index (χ0v) is 15.5. The summed E-state index contributed by atoms with van der Waals surface area (Å²) in [6, 6.07) is 11.2. The number of alkyl halides is 2. The number of non-ortho nitro benzene ring substituents is 1. The maximum Gasteiger partial charge on any atom is 0.387 e. The Morgan fingerprint density at radius 2 is 1.76 bits per heavy atom. The van der Waals surface area contributed by atoms with E-state index in [4.69, 9.17) is 9.47 Å². The first-order valence-electron chi connectivity index (χ1n) is 8.36. The minimum atomic E-state index is -3.03. The number of methoxy groups -OCH3 is 2. The molecule has 3 rings (SSSR count). The first-order chi connectivity index (χ1) is 13.9. The van der Waals surface area contributed by atoms with Crippen molar-refractivity contribution in [1.29, 1.82) is 0 Å². The summed E-state index contributed by atoms with van der Waals surface area (Å²) in [5, 5.41) is 11.9. The lowest BCUT2D eigenvalue weighted by molar-refractivity contribution is -0.383. The highest BCUT2D eigenvalue weighted by molar-refractivity contribution is 5.88. The zero-order valence-electron chi connectivity index (χ0n) is 15.5. The molecule has 150 valence electrons. The Labute approximate surface area is 164 Å². The van der Waals surface area contributed by atoms with Gasteiger partial charge in [0.1, 0.15) is 5.52 Å². The van der Waals surface area contributed by atoms with Crippen LogP contribution in [0.4, 0.5) is 14.5 Å². The van der Waals surface area contributed by atoms with Gasteiger partial charge in [-0.1, -0.05) is 24.3 Å². The van der Waals surface area contributed by atoms with Gasteiger partial charge in [0.05, 0.1) is 24.8 Å². The van der Waals surface area contributed by atoms with Crippen LogP contribution in [0, 0.1) is 10.1 Å². The van der Waals surface area contributed by atoms with Gasteiger partial charge < -0.3 is 14.2 Å². The molecule has 29 heavy (non-hydrogen) atoms. The van der Waals surface area contributed by atoms with E-state index in [-0.39, 0.29) is 28.5 Å². The number of halogens is 2. The molecular weight excluding hydrogens is 386 g/mol. The molecule has 0 aliphatic heterocycles. The van der Waals surface area contributed by atoms with Crippen LogP contribution in [-0.2, 0) is 0 Å². The molecule has 0 aliphatic carbocycles. The molecule has 2 aromatic carbocycles. The fourth-order valence-corrected chi connectivity index (χ4v) is 2.77. The van der Waals surface area contributed by atoms with E-state index in [2.05, 4.69) is 9.72 Å². The number of pyridine rings is 1. The van der Waals surface area contributed by atoms with E-state index in [1.54, 1.807) is 36.4 Å². The number of aromatic nitrogens is 1. The zero-order chi connectivity index (χ0) is 21.0. The minimum absolute atomic E-state index is 0.0754. The molecule has 3 aromatic rings. The predicted octanol–water partition coefficient (Wildman–Crippen LogP) is 4.93. The molecule has 0 N–H and O–H groups in total. The second kappa shape index (κ2) is 8.51. The Morgan fingerprint density at radius 3 is 2.34 bits per heavy atom. The van der Waals surface area contributed by atoms with Crippen LogP contribution < -0.4 is 14.2 Å². The third-order valence-corrected chi connectivity index (χ3v) is 4.05. The number of ether oxygens (including phenoxy) is 3. The molecule has 0 fully saturated rings. The summed E-state index contributed by atoms with van der Waals surface area (Å²) in [5.74, 6) is -0.0561. The molecule has 0 amide bonds. The number of nitro groups is 1. The van der Waals surface area contributed by atoms with Crippen LogP contribution in [0.1, 0.15) is 11.3 Å². The molecule has 0 unspecified atom stereocenters. The van der Waals surface area contributed by atoms with Crippen LogP contribution in [0.2, 0.25) is 0 Å². The molecular formula is C20H16F2N2O5. The Hall–Kier alpha value is -3.75. The smallest absolute Gasteiger partial charge is 0.387 e. The number of hydrogen-bond donors (Lipinski definition) is 0. The van der Waals surface area contributed by atoms with E-state index in [1.165, 1.54) is 32.4 Å². The molecule has 0 saturated carbocycles. The topological polar surface area (TPSA) is 83.7 Å². The monoisotopic (exact) mass is 402 g/mol. The average molecular weight is 402 g/mol. The number of hydrogen-bond acceptors (Lipinski definition) is 6. The van der Waals surface area contributed by atoms with Crippen molar-refractivity contribution in [2.45, 2.75) is 6.61 Å². The fraction of sp³-hybridized carbons (Fsp3) is 0.150. The largest absolute Gasteiger partial charge is 0.493 e. The summed E-state index contributed by atoms with van der Waals surface area (Å²) in [6.07, 6.45) is 3.29.